The number of anilines is 1. The molecular weight excluding hydrogens is 580 g/mol. The maximum absolute atomic E-state index is 14.1. The minimum atomic E-state index is -2.49. The van der Waals surface area contributed by atoms with E-state index in [1.807, 2.05) is 63.2 Å². The minimum Gasteiger partial charge on any atom is -0.465 e. The van der Waals surface area contributed by atoms with Gasteiger partial charge < -0.3 is 24.5 Å². The number of carbonyl (C=O) groups is 2. The summed E-state index contributed by atoms with van der Waals surface area (Å²) < 4.78 is 17.9. The van der Waals surface area contributed by atoms with Gasteiger partial charge in [0.05, 0.1) is 12.7 Å². The van der Waals surface area contributed by atoms with Crippen molar-refractivity contribution in [3.05, 3.63) is 76.8 Å². The molecule has 0 spiro atoms. The lowest BCUT2D eigenvalue weighted by atomic mass is 9.93. The summed E-state index contributed by atoms with van der Waals surface area (Å²) in [6.07, 6.45) is 0. The summed E-state index contributed by atoms with van der Waals surface area (Å²) in [6.45, 7) is 19.1. The van der Waals surface area contributed by atoms with Gasteiger partial charge in [0.1, 0.15) is 5.60 Å². The summed E-state index contributed by atoms with van der Waals surface area (Å²) in [4.78, 5) is 26.0. The number of hydrogen-bond acceptors (Lipinski definition) is 7. The first-order chi connectivity index (χ1) is 19.9. The van der Waals surface area contributed by atoms with Crippen molar-refractivity contribution >= 4 is 48.3 Å². The van der Waals surface area contributed by atoms with Crippen molar-refractivity contribution in [1.29, 1.82) is 0 Å². The van der Waals surface area contributed by atoms with E-state index in [1.165, 1.54) is 7.11 Å². The first-order valence-electron chi connectivity index (χ1n) is 14.7. The van der Waals surface area contributed by atoms with Gasteiger partial charge in [-0.3, -0.25) is 0 Å². The van der Waals surface area contributed by atoms with Gasteiger partial charge in [0, 0.05) is 29.8 Å². The van der Waals surface area contributed by atoms with Gasteiger partial charge >= 0.3 is 11.9 Å². The minimum absolute atomic E-state index is 0.0404. The zero-order valence-electron chi connectivity index (χ0n) is 27.2. The van der Waals surface area contributed by atoms with E-state index in [2.05, 4.69) is 51.4 Å². The van der Waals surface area contributed by atoms with Crippen LogP contribution in [0.1, 0.15) is 64.4 Å². The fourth-order valence-electron chi connectivity index (χ4n) is 4.38. The van der Waals surface area contributed by atoms with Crippen LogP contribution in [0.3, 0.4) is 0 Å². The SMILES string of the molecule is COC(=O)c1ccc2cc(NC[C@@H](C)NC[C@](O[Si](C)(C)C(C)(C)C)(C(=O)OC(C)(C)C)c3cccc(Cl)c3)ccc2c1. The largest absolute Gasteiger partial charge is 0.465 e. The molecule has 0 aromatic heterocycles. The lowest BCUT2D eigenvalue weighted by molar-refractivity contribution is -0.176. The van der Waals surface area contributed by atoms with Crippen molar-refractivity contribution in [1.82, 2.24) is 5.32 Å². The summed E-state index contributed by atoms with van der Waals surface area (Å²) in [5.41, 5.74) is 0.000787. The van der Waals surface area contributed by atoms with Crippen LogP contribution in [0.4, 0.5) is 5.69 Å². The molecule has 7 nitrogen and oxygen atoms in total. The lowest BCUT2D eigenvalue weighted by Crippen LogP contribution is -2.58. The highest BCUT2D eigenvalue weighted by atomic mass is 35.5. The van der Waals surface area contributed by atoms with E-state index in [4.69, 9.17) is 25.5 Å². The molecule has 0 fully saturated rings. The van der Waals surface area contributed by atoms with Gasteiger partial charge in [-0.15, -0.1) is 0 Å². The molecule has 0 unspecified atom stereocenters. The smallest absolute Gasteiger partial charge is 0.343 e. The molecule has 0 amide bonds. The van der Waals surface area contributed by atoms with Crippen molar-refractivity contribution in [3.63, 3.8) is 0 Å². The first-order valence-corrected chi connectivity index (χ1v) is 17.9. The molecule has 2 atom stereocenters. The molecule has 43 heavy (non-hydrogen) atoms. The van der Waals surface area contributed by atoms with Crippen molar-refractivity contribution in [2.75, 3.05) is 25.5 Å². The van der Waals surface area contributed by atoms with Gasteiger partial charge in [0.15, 0.2) is 13.9 Å². The number of rotatable bonds is 11. The van der Waals surface area contributed by atoms with Gasteiger partial charge in [-0.1, -0.05) is 56.6 Å². The van der Waals surface area contributed by atoms with Gasteiger partial charge in [0.25, 0.3) is 0 Å². The van der Waals surface area contributed by atoms with Gasteiger partial charge in [0.2, 0.25) is 0 Å². The molecule has 0 heterocycles. The number of hydrogen-bond donors (Lipinski definition) is 2. The van der Waals surface area contributed by atoms with Gasteiger partial charge in [-0.25, -0.2) is 9.59 Å². The summed E-state index contributed by atoms with van der Waals surface area (Å²) in [5.74, 6) is -0.803. The summed E-state index contributed by atoms with van der Waals surface area (Å²) in [7, 11) is -1.11. The van der Waals surface area contributed by atoms with E-state index < -0.39 is 25.5 Å². The molecule has 3 aromatic carbocycles. The standard InChI is InChI=1S/C34H47ClN2O5Si/c1-23(21-36-29-17-16-24-18-26(30(38)40-8)15-14-25(24)19-29)37-22-34(31(39)41-32(2,3)4,27-12-11-13-28(35)20-27)42-43(9,10)33(5,6)7/h11-20,23,36-37H,21-22H2,1-10H3/t23-,34-/m1/s1. The third-order valence-electron chi connectivity index (χ3n) is 7.83. The lowest BCUT2D eigenvalue weighted by Gasteiger charge is -2.45. The number of ether oxygens (including phenoxy) is 2. The second-order valence-electron chi connectivity index (χ2n) is 13.6. The van der Waals surface area contributed by atoms with E-state index >= 15 is 0 Å². The Morgan fingerprint density at radius 3 is 2.19 bits per heavy atom. The first kappa shape index (κ1) is 34.6. The Kier molecular flexibility index (Phi) is 10.8. The van der Waals surface area contributed by atoms with E-state index in [-0.39, 0.29) is 23.6 Å². The zero-order chi connectivity index (χ0) is 32.2. The van der Waals surface area contributed by atoms with E-state index in [0.717, 1.165) is 16.5 Å². The number of halogens is 1. The zero-order valence-corrected chi connectivity index (χ0v) is 28.9. The third-order valence-corrected chi connectivity index (χ3v) is 12.5. The monoisotopic (exact) mass is 626 g/mol. The molecule has 0 aliphatic rings. The Labute approximate surface area is 262 Å². The highest BCUT2D eigenvalue weighted by Crippen LogP contribution is 2.43. The number of fused-ring (bicyclic) bond motifs is 1. The van der Waals surface area contributed by atoms with Crippen LogP contribution in [0.25, 0.3) is 10.8 Å². The Morgan fingerprint density at radius 2 is 1.58 bits per heavy atom. The maximum Gasteiger partial charge on any atom is 0.343 e. The van der Waals surface area contributed by atoms with Crippen LogP contribution >= 0.6 is 11.6 Å². The number of esters is 2. The fourth-order valence-corrected chi connectivity index (χ4v) is 6.02. The van der Waals surface area contributed by atoms with Crippen molar-refractivity contribution < 1.29 is 23.5 Å². The maximum atomic E-state index is 14.1. The van der Waals surface area contributed by atoms with Crippen LogP contribution < -0.4 is 10.6 Å². The Hall–Kier alpha value is -2.91. The number of methoxy groups -OCH3 is 1. The Bertz CT molecular complexity index is 1450. The Balaban J connectivity index is 1.87. The van der Waals surface area contributed by atoms with E-state index in [9.17, 15) is 9.59 Å². The highest BCUT2D eigenvalue weighted by Gasteiger charge is 2.52. The summed E-state index contributed by atoms with van der Waals surface area (Å²) in [5, 5.41) is 9.37. The van der Waals surface area contributed by atoms with Gasteiger partial charge in [-0.05, 0) is 98.6 Å². The molecule has 0 saturated carbocycles. The highest BCUT2D eigenvalue weighted by molar-refractivity contribution is 6.74. The molecule has 0 aliphatic carbocycles. The van der Waals surface area contributed by atoms with Crippen LogP contribution in [0.2, 0.25) is 23.2 Å². The number of benzene rings is 3. The Morgan fingerprint density at radius 1 is 0.930 bits per heavy atom. The summed E-state index contributed by atoms with van der Waals surface area (Å²) >= 11 is 6.45. The second-order valence-corrected chi connectivity index (χ2v) is 18.8. The van der Waals surface area contributed by atoms with Crippen LogP contribution in [0.15, 0.2) is 60.7 Å². The molecule has 0 aliphatic heterocycles. The van der Waals surface area contributed by atoms with Gasteiger partial charge in [-0.2, -0.15) is 0 Å². The third kappa shape index (κ3) is 8.82. The number of nitrogens with one attached hydrogen (secondary N) is 2. The van der Waals surface area contributed by atoms with Crippen molar-refractivity contribution in [2.45, 2.75) is 83.8 Å². The molecular formula is C34H47ClN2O5Si. The quantitative estimate of drug-likeness (QED) is 0.165. The van der Waals surface area contributed by atoms with Crippen molar-refractivity contribution in [3.8, 4) is 0 Å². The average molecular weight is 627 g/mol. The van der Waals surface area contributed by atoms with Crippen molar-refractivity contribution in [2.24, 2.45) is 0 Å². The molecule has 3 aromatic rings. The molecule has 0 saturated heterocycles. The summed E-state index contributed by atoms with van der Waals surface area (Å²) in [6, 6.07) is 18.8. The normalized spacial score (nSPS) is 14.6. The molecule has 9 heteroatoms. The van der Waals surface area contributed by atoms with Crippen LogP contribution in [-0.4, -0.2) is 52.1 Å². The molecule has 0 bridgehead atoms. The second kappa shape index (κ2) is 13.4. The predicted octanol–water partition coefficient (Wildman–Crippen LogP) is 7.93. The molecule has 0 radical (unpaired) electrons. The fraction of sp³-hybridized carbons (Fsp3) is 0.471. The van der Waals surface area contributed by atoms with E-state index in [0.29, 0.717) is 22.7 Å². The predicted molar refractivity (Wildman–Crippen MR) is 178 cm³/mol. The van der Waals surface area contributed by atoms with Crippen LogP contribution in [-0.2, 0) is 24.3 Å². The average Bonchev–Trinajstić information content (AvgIpc) is 2.91. The topological polar surface area (TPSA) is 85.9 Å². The number of carbonyl (C=O) groups excluding carboxylic acids is 2. The molecule has 3 rings (SSSR count). The van der Waals surface area contributed by atoms with Crippen LogP contribution in [0.5, 0.6) is 0 Å². The molecule has 2 N–H and O–H groups in total. The molecule has 234 valence electrons. The van der Waals surface area contributed by atoms with E-state index in [1.54, 1.807) is 18.2 Å². The van der Waals surface area contributed by atoms with Crippen LogP contribution in [0, 0.1) is 0 Å².